The highest BCUT2D eigenvalue weighted by Gasteiger charge is 2.13. The molecule has 0 aliphatic heterocycles. The van der Waals surface area contributed by atoms with Crippen molar-refractivity contribution < 1.29 is 9.84 Å². The van der Waals surface area contributed by atoms with Crippen molar-refractivity contribution in [2.45, 2.75) is 19.4 Å². The average molecular weight is 248 g/mol. The molecule has 0 bridgehead atoms. The Morgan fingerprint density at radius 3 is 2.82 bits per heavy atom. The zero-order valence-electron chi connectivity index (χ0n) is 9.80. The Morgan fingerprint density at radius 1 is 1.29 bits per heavy atom. The maximum atomic E-state index is 10.2. The first-order valence-corrected chi connectivity index (χ1v) is 6.66. The molecule has 1 N–H and O–H groups in total. The molecule has 2 nitrogen and oxygen atoms in total. The normalized spacial score (nSPS) is 12.4. The quantitative estimate of drug-likeness (QED) is 0.878. The van der Waals surface area contributed by atoms with Crippen LogP contribution in [0.1, 0.15) is 24.2 Å². The van der Waals surface area contributed by atoms with Crippen molar-refractivity contribution in [3.8, 4) is 5.75 Å². The average Bonchev–Trinajstić information content (AvgIpc) is 2.83. The summed E-state index contributed by atoms with van der Waals surface area (Å²) in [5.41, 5.74) is 2.02. The van der Waals surface area contributed by atoms with Crippen molar-refractivity contribution in [3.63, 3.8) is 0 Å². The first kappa shape index (κ1) is 12.1. The van der Waals surface area contributed by atoms with Gasteiger partial charge in [-0.3, -0.25) is 0 Å². The zero-order valence-corrected chi connectivity index (χ0v) is 10.6. The molecule has 0 fully saturated rings. The van der Waals surface area contributed by atoms with Crippen molar-refractivity contribution >= 4 is 11.3 Å². The summed E-state index contributed by atoms with van der Waals surface area (Å²) in [5.74, 6) is 0.776. The van der Waals surface area contributed by atoms with Crippen LogP contribution in [0, 0.1) is 0 Å². The highest BCUT2D eigenvalue weighted by Crippen LogP contribution is 2.27. The summed E-state index contributed by atoms with van der Waals surface area (Å²) in [6.45, 7) is 2.56. The van der Waals surface area contributed by atoms with E-state index < -0.39 is 6.10 Å². The fourth-order valence-electron chi connectivity index (χ4n) is 1.78. The van der Waals surface area contributed by atoms with Crippen LogP contribution in [0.25, 0.3) is 0 Å². The smallest absolute Gasteiger partial charge is 0.125 e. The van der Waals surface area contributed by atoms with Crippen LogP contribution in [0.3, 0.4) is 0 Å². The number of benzene rings is 1. The molecule has 2 aromatic rings. The van der Waals surface area contributed by atoms with Gasteiger partial charge in [0.25, 0.3) is 0 Å². The molecule has 0 saturated heterocycles. The SMILES string of the molecule is CCOc1ccccc1C(O)Cc1ccsc1. The Morgan fingerprint density at radius 2 is 2.12 bits per heavy atom. The fraction of sp³-hybridized carbons (Fsp3) is 0.286. The number of rotatable bonds is 5. The number of ether oxygens (including phenoxy) is 1. The first-order chi connectivity index (χ1) is 8.31. The van der Waals surface area contributed by atoms with Gasteiger partial charge in [0.1, 0.15) is 5.75 Å². The Labute approximate surface area is 105 Å². The van der Waals surface area contributed by atoms with E-state index in [1.807, 2.05) is 42.6 Å². The van der Waals surface area contributed by atoms with Gasteiger partial charge in [-0.15, -0.1) is 0 Å². The van der Waals surface area contributed by atoms with Crippen LogP contribution in [0.4, 0.5) is 0 Å². The van der Waals surface area contributed by atoms with Crippen LogP contribution in [0.15, 0.2) is 41.1 Å². The first-order valence-electron chi connectivity index (χ1n) is 5.72. The van der Waals surface area contributed by atoms with Crippen LogP contribution in [-0.4, -0.2) is 11.7 Å². The molecule has 2 rings (SSSR count). The van der Waals surface area contributed by atoms with Crippen molar-refractivity contribution in [2.24, 2.45) is 0 Å². The third-order valence-corrected chi connectivity index (χ3v) is 3.32. The summed E-state index contributed by atoms with van der Waals surface area (Å²) in [6.07, 6.45) is 0.125. The van der Waals surface area contributed by atoms with Gasteiger partial charge in [-0.1, -0.05) is 18.2 Å². The lowest BCUT2D eigenvalue weighted by Crippen LogP contribution is -2.04. The highest BCUT2D eigenvalue weighted by molar-refractivity contribution is 7.07. The topological polar surface area (TPSA) is 29.5 Å². The van der Waals surface area contributed by atoms with Crippen LogP contribution in [0.2, 0.25) is 0 Å². The van der Waals surface area contributed by atoms with Crippen LogP contribution in [0.5, 0.6) is 5.75 Å². The summed E-state index contributed by atoms with van der Waals surface area (Å²) < 4.78 is 5.52. The van der Waals surface area contributed by atoms with Gasteiger partial charge in [0, 0.05) is 12.0 Å². The molecule has 1 heterocycles. The predicted octanol–water partition coefficient (Wildman–Crippen LogP) is 3.42. The molecule has 90 valence electrons. The van der Waals surface area contributed by atoms with E-state index in [1.165, 1.54) is 0 Å². The molecular formula is C14H16O2S. The molecule has 0 saturated carbocycles. The number of thiophene rings is 1. The third kappa shape index (κ3) is 3.08. The van der Waals surface area contributed by atoms with E-state index in [0.717, 1.165) is 16.9 Å². The second-order valence-electron chi connectivity index (χ2n) is 3.82. The van der Waals surface area contributed by atoms with Gasteiger partial charge in [0.15, 0.2) is 0 Å². The highest BCUT2D eigenvalue weighted by atomic mass is 32.1. The van der Waals surface area contributed by atoms with E-state index >= 15 is 0 Å². The number of hydrogen-bond acceptors (Lipinski definition) is 3. The van der Waals surface area contributed by atoms with E-state index in [0.29, 0.717) is 13.0 Å². The standard InChI is InChI=1S/C14H16O2S/c1-2-16-14-6-4-3-5-12(14)13(15)9-11-7-8-17-10-11/h3-8,10,13,15H,2,9H2,1H3. The molecular weight excluding hydrogens is 232 g/mol. The van der Waals surface area contributed by atoms with E-state index in [-0.39, 0.29) is 0 Å². The van der Waals surface area contributed by atoms with Crippen molar-refractivity contribution in [1.82, 2.24) is 0 Å². The minimum absolute atomic E-state index is 0.507. The van der Waals surface area contributed by atoms with Crippen LogP contribution >= 0.6 is 11.3 Å². The molecule has 0 aliphatic rings. The number of para-hydroxylation sites is 1. The third-order valence-electron chi connectivity index (χ3n) is 2.59. The van der Waals surface area contributed by atoms with Crippen LogP contribution in [-0.2, 0) is 6.42 Å². The van der Waals surface area contributed by atoms with Gasteiger partial charge in [-0.2, -0.15) is 11.3 Å². The van der Waals surface area contributed by atoms with Gasteiger partial charge in [0.05, 0.1) is 12.7 Å². The fourth-order valence-corrected chi connectivity index (χ4v) is 2.47. The second kappa shape index (κ2) is 5.84. The maximum Gasteiger partial charge on any atom is 0.125 e. The molecule has 1 aromatic carbocycles. The molecule has 3 heteroatoms. The molecule has 0 amide bonds. The van der Waals surface area contributed by atoms with Gasteiger partial charge < -0.3 is 9.84 Å². The van der Waals surface area contributed by atoms with Crippen molar-refractivity contribution in [1.29, 1.82) is 0 Å². The summed E-state index contributed by atoms with van der Waals surface area (Å²) in [4.78, 5) is 0. The van der Waals surface area contributed by atoms with Crippen LogP contribution < -0.4 is 4.74 Å². The lowest BCUT2D eigenvalue weighted by atomic mass is 10.0. The molecule has 1 unspecified atom stereocenters. The Kier molecular flexibility index (Phi) is 4.18. The number of hydrogen-bond donors (Lipinski definition) is 1. The minimum Gasteiger partial charge on any atom is -0.493 e. The number of aliphatic hydroxyl groups is 1. The summed E-state index contributed by atoms with van der Waals surface area (Å²) in [6, 6.07) is 9.70. The van der Waals surface area contributed by atoms with E-state index in [2.05, 4.69) is 5.38 Å². The molecule has 1 aromatic heterocycles. The molecule has 0 radical (unpaired) electrons. The Balaban J connectivity index is 2.15. The largest absolute Gasteiger partial charge is 0.493 e. The zero-order chi connectivity index (χ0) is 12.1. The second-order valence-corrected chi connectivity index (χ2v) is 4.60. The Hall–Kier alpha value is -1.32. The monoisotopic (exact) mass is 248 g/mol. The Bertz CT molecular complexity index is 451. The van der Waals surface area contributed by atoms with Crippen molar-refractivity contribution in [3.05, 3.63) is 52.2 Å². The van der Waals surface area contributed by atoms with Crippen molar-refractivity contribution in [2.75, 3.05) is 6.61 Å². The summed E-state index contributed by atoms with van der Waals surface area (Å²) >= 11 is 1.65. The van der Waals surface area contributed by atoms with Gasteiger partial charge in [-0.25, -0.2) is 0 Å². The number of aliphatic hydroxyl groups excluding tert-OH is 1. The molecule has 0 aliphatic carbocycles. The van der Waals surface area contributed by atoms with Gasteiger partial charge in [-0.05, 0) is 35.4 Å². The van der Waals surface area contributed by atoms with Gasteiger partial charge in [0.2, 0.25) is 0 Å². The van der Waals surface area contributed by atoms with Gasteiger partial charge >= 0.3 is 0 Å². The lowest BCUT2D eigenvalue weighted by Gasteiger charge is -2.15. The predicted molar refractivity (Wildman–Crippen MR) is 70.6 cm³/mol. The molecule has 17 heavy (non-hydrogen) atoms. The minimum atomic E-state index is -0.507. The van der Waals surface area contributed by atoms with E-state index in [4.69, 9.17) is 4.74 Å². The summed E-state index contributed by atoms with van der Waals surface area (Å²) in [5, 5.41) is 14.3. The maximum absolute atomic E-state index is 10.2. The van der Waals surface area contributed by atoms with E-state index in [9.17, 15) is 5.11 Å². The molecule has 1 atom stereocenters. The lowest BCUT2D eigenvalue weighted by molar-refractivity contribution is 0.172. The van der Waals surface area contributed by atoms with E-state index in [1.54, 1.807) is 11.3 Å². The summed E-state index contributed by atoms with van der Waals surface area (Å²) in [7, 11) is 0. The molecule has 0 spiro atoms.